The van der Waals surface area contributed by atoms with E-state index >= 15 is 0 Å². The predicted octanol–water partition coefficient (Wildman–Crippen LogP) is 4.17. The molecule has 0 aliphatic heterocycles. The third kappa shape index (κ3) is 5.54. The van der Waals surface area contributed by atoms with E-state index in [1.165, 1.54) is 12.1 Å². The van der Waals surface area contributed by atoms with E-state index in [2.05, 4.69) is 10.1 Å². The van der Waals surface area contributed by atoms with Crippen LogP contribution in [0.15, 0.2) is 52.4 Å². The van der Waals surface area contributed by atoms with Gasteiger partial charge in [-0.2, -0.15) is 5.10 Å². The Morgan fingerprint density at radius 1 is 1.22 bits per heavy atom. The second kappa shape index (κ2) is 9.68. The standard InChI is InChI=1S/C21H20Cl2N4O3S2/c1-12(25-11-15(31)8-13-4-3-5-16(9-13)32(24,29)30)19-21(28)20(27(2)26-19)14-6-7-17(22)18(23)10-14/h3-7,9-10,28H,8,11H2,1-2H3,(H2,24,29,30). The van der Waals surface area contributed by atoms with Gasteiger partial charge in [-0.15, -0.1) is 0 Å². The number of primary sulfonamides is 1. The molecule has 168 valence electrons. The molecule has 11 heteroatoms. The molecule has 3 N–H and O–H groups in total. The fourth-order valence-electron chi connectivity index (χ4n) is 3.12. The summed E-state index contributed by atoms with van der Waals surface area (Å²) in [7, 11) is -2.08. The van der Waals surface area contributed by atoms with Crippen molar-refractivity contribution in [3.05, 3.63) is 63.8 Å². The molecule has 3 rings (SSSR count). The summed E-state index contributed by atoms with van der Waals surface area (Å²) in [4.78, 5) is 5.08. The molecule has 1 aromatic heterocycles. The number of aromatic hydroxyl groups is 1. The summed E-state index contributed by atoms with van der Waals surface area (Å²) in [5, 5.41) is 21.1. The number of nitrogens with zero attached hydrogens (tertiary/aromatic N) is 3. The highest BCUT2D eigenvalue weighted by molar-refractivity contribution is 7.89. The fourth-order valence-corrected chi connectivity index (χ4v) is 4.23. The van der Waals surface area contributed by atoms with Crippen LogP contribution in [0.1, 0.15) is 18.2 Å². The van der Waals surface area contributed by atoms with Crippen LogP contribution in [-0.2, 0) is 23.5 Å². The summed E-state index contributed by atoms with van der Waals surface area (Å²) in [6, 6.07) is 11.4. The van der Waals surface area contributed by atoms with Crippen molar-refractivity contribution in [3.63, 3.8) is 0 Å². The summed E-state index contributed by atoms with van der Waals surface area (Å²) < 4.78 is 24.6. The Labute approximate surface area is 201 Å². The zero-order valence-corrected chi connectivity index (χ0v) is 20.4. The lowest BCUT2D eigenvalue weighted by Gasteiger charge is -2.05. The number of rotatable bonds is 7. The molecular formula is C21H20Cl2N4O3S2. The van der Waals surface area contributed by atoms with Crippen LogP contribution >= 0.6 is 35.4 Å². The first-order valence-corrected chi connectivity index (χ1v) is 12.0. The van der Waals surface area contributed by atoms with Gasteiger partial charge in [0.1, 0.15) is 11.4 Å². The van der Waals surface area contributed by atoms with E-state index in [0.717, 1.165) is 5.56 Å². The van der Waals surface area contributed by atoms with Crippen LogP contribution in [0.4, 0.5) is 0 Å². The lowest BCUT2D eigenvalue weighted by molar-refractivity contribution is 0.475. The van der Waals surface area contributed by atoms with Crippen molar-refractivity contribution in [1.29, 1.82) is 0 Å². The average Bonchev–Trinajstić information content (AvgIpc) is 3.02. The van der Waals surface area contributed by atoms with Crippen molar-refractivity contribution >= 4 is 56.0 Å². The van der Waals surface area contributed by atoms with Crippen LogP contribution in [0.25, 0.3) is 11.3 Å². The Morgan fingerprint density at radius 3 is 2.59 bits per heavy atom. The Balaban J connectivity index is 1.78. The normalized spacial score (nSPS) is 12.2. The number of hydrogen-bond donors (Lipinski definition) is 2. The van der Waals surface area contributed by atoms with Gasteiger partial charge in [0.25, 0.3) is 0 Å². The number of nitrogens with two attached hydrogens (primary N) is 1. The van der Waals surface area contributed by atoms with Gasteiger partial charge in [0.05, 0.1) is 27.2 Å². The molecule has 0 bridgehead atoms. The number of hydrogen-bond acceptors (Lipinski definition) is 6. The minimum Gasteiger partial charge on any atom is -0.504 e. The molecule has 0 amide bonds. The molecule has 0 radical (unpaired) electrons. The van der Waals surface area contributed by atoms with Gasteiger partial charge < -0.3 is 5.11 Å². The van der Waals surface area contributed by atoms with Gasteiger partial charge in [0.15, 0.2) is 5.75 Å². The van der Waals surface area contributed by atoms with Crippen molar-refractivity contribution in [2.75, 3.05) is 6.54 Å². The van der Waals surface area contributed by atoms with Crippen LogP contribution in [0, 0.1) is 0 Å². The van der Waals surface area contributed by atoms with Gasteiger partial charge in [-0.3, -0.25) is 9.67 Å². The number of aliphatic imine (C=N–C) groups is 1. The monoisotopic (exact) mass is 510 g/mol. The van der Waals surface area contributed by atoms with Crippen molar-refractivity contribution in [3.8, 4) is 17.0 Å². The van der Waals surface area contributed by atoms with E-state index in [4.69, 9.17) is 40.6 Å². The van der Waals surface area contributed by atoms with Crippen LogP contribution < -0.4 is 5.14 Å². The Kier molecular flexibility index (Phi) is 7.36. The highest BCUT2D eigenvalue weighted by Crippen LogP contribution is 2.35. The molecule has 0 saturated heterocycles. The van der Waals surface area contributed by atoms with E-state index in [-0.39, 0.29) is 17.2 Å². The molecule has 0 aliphatic carbocycles. The number of aryl methyl sites for hydroxylation is 1. The molecule has 0 aliphatic rings. The van der Waals surface area contributed by atoms with Crippen molar-refractivity contribution in [1.82, 2.24) is 9.78 Å². The average molecular weight is 511 g/mol. The molecule has 2 aromatic carbocycles. The molecule has 0 saturated carbocycles. The summed E-state index contributed by atoms with van der Waals surface area (Å²) in [5.41, 5.74) is 2.70. The summed E-state index contributed by atoms with van der Waals surface area (Å²) in [5.74, 6) is -0.0288. The van der Waals surface area contributed by atoms with E-state index in [1.807, 2.05) is 0 Å². The summed E-state index contributed by atoms with van der Waals surface area (Å²) in [6.45, 7) is 1.93. The van der Waals surface area contributed by atoms with Crippen molar-refractivity contribution in [2.24, 2.45) is 17.2 Å². The Hall–Kier alpha value is -2.30. The second-order valence-corrected chi connectivity index (χ2v) is 10.1. The molecular weight excluding hydrogens is 491 g/mol. The predicted molar refractivity (Wildman–Crippen MR) is 132 cm³/mol. The third-order valence-corrected chi connectivity index (χ3v) is 6.60. The quantitative estimate of drug-likeness (QED) is 0.366. The van der Waals surface area contributed by atoms with Gasteiger partial charge in [-0.25, -0.2) is 13.6 Å². The number of benzene rings is 2. The number of aromatic nitrogens is 2. The lowest BCUT2D eigenvalue weighted by atomic mass is 10.1. The maximum absolute atomic E-state index is 11.5. The van der Waals surface area contributed by atoms with Crippen LogP contribution in [0.2, 0.25) is 10.0 Å². The van der Waals surface area contributed by atoms with Gasteiger partial charge in [-0.05, 0) is 36.8 Å². The maximum Gasteiger partial charge on any atom is 0.238 e. The zero-order valence-electron chi connectivity index (χ0n) is 17.2. The molecule has 0 atom stereocenters. The number of sulfonamides is 1. The molecule has 7 nitrogen and oxygen atoms in total. The maximum atomic E-state index is 11.5. The Bertz CT molecular complexity index is 1330. The lowest BCUT2D eigenvalue weighted by Crippen LogP contribution is -2.13. The van der Waals surface area contributed by atoms with Crippen LogP contribution in [-0.4, -0.2) is 40.4 Å². The summed E-state index contributed by atoms with van der Waals surface area (Å²) >= 11 is 17.5. The van der Waals surface area contributed by atoms with Gasteiger partial charge in [0, 0.05) is 23.9 Å². The fraction of sp³-hybridized carbons (Fsp3) is 0.190. The van der Waals surface area contributed by atoms with Gasteiger partial charge >= 0.3 is 0 Å². The first-order chi connectivity index (χ1) is 15.0. The van der Waals surface area contributed by atoms with E-state index < -0.39 is 10.0 Å². The largest absolute Gasteiger partial charge is 0.504 e. The SMILES string of the molecule is CC(=NCC(=S)Cc1cccc(S(N)(=O)=O)c1)c1nn(C)c(-c2ccc(Cl)c(Cl)c2)c1O. The van der Waals surface area contributed by atoms with Crippen LogP contribution in [0.3, 0.4) is 0 Å². The minimum absolute atomic E-state index is 0.0288. The zero-order chi connectivity index (χ0) is 23.6. The molecule has 1 heterocycles. The highest BCUT2D eigenvalue weighted by Gasteiger charge is 2.19. The van der Waals surface area contributed by atoms with Gasteiger partial charge in [-0.1, -0.05) is 53.6 Å². The van der Waals surface area contributed by atoms with E-state index in [9.17, 15) is 13.5 Å². The third-order valence-electron chi connectivity index (χ3n) is 4.68. The summed E-state index contributed by atoms with van der Waals surface area (Å²) in [6.07, 6.45) is 0.359. The first kappa shape index (κ1) is 24.3. The minimum atomic E-state index is -3.78. The molecule has 0 unspecified atom stereocenters. The van der Waals surface area contributed by atoms with Crippen LogP contribution in [0.5, 0.6) is 5.75 Å². The molecule has 0 spiro atoms. The van der Waals surface area contributed by atoms with Crippen molar-refractivity contribution < 1.29 is 13.5 Å². The topological polar surface area (TPSA) is 111 Å². The molecule has 32 heavy (non-hydrogen) atoms. The first-order valence-electron chi connectivity index (χ1n) is 9.33. The van der Waals surface area contributed by atoms with E-state index in [0.29, 0.717) is 44.0 Å². The molecule has 0 fully saturated rings. The number of thiocarbonyl (C=S) groups is 1. The Morgan fingerprint density at radius 2 is 1.94 bits per heavy atom. The van der Waals surface area contributed by atoms with E-state index in [1.54, 1.807) is 49.0 Å². The molecule has 3 aromatic rings. The smallest absolute Gasteiger partial charge is 0.238 e. The van der Waals surface area contributed by atoms with Gasteiger partial charge in [0.2, 0.25) is 10.0 Å². The second-order valence-electron chi connectivity index (χ2n) is 7.11. The highest BCUT2D eigenvalue weighted by atomic mass is 35.5. The van der Waals surface area contributed by atoms with Crippen molar-refractivity contribution in [2.45, 2.75) is 18.2 Å². The number of halogens is 2.